The summed E-state index contributed by atoms with van der Waals surface area (Å²) in [5.74, 6) is 0. The lowest BCUT2D eigenvalue weighted by Gasteiger charge is -2.08. The number of halogens is 1. The second-order valence-electron chi connectivity index (χ2n) is 5.75. The quantitative estimate of drug-likeness (QED) is 0.569. The largest absolute Gasteiger partial charge is 0.293 e. The molecule has 0 N–H and O–H groups in total. The Morgan fingerprint density at radius 3 is 2.60 bits per heavy atom. The molecule has 0 amide bonds. The van der Waals surface area contributed by atoms with Crippen molar-refractivity contribution >= 4 is 22.8 Å². The van der Waals surface area contributed by atoms with Gasteiger partial charge in [0.2, 0.25) is 0 Å². The molecule has 124 valence electrons. The van der Waals surface area contributed by atoms with Crippen molar-refractivity contribution in [1.29, 1.82) is 0 Å². The first kappa shape index (κ1) is 15.5. The maximum absolute atomic E-state index is 12.7. The summed E-state index contributed by atoms with van der Waals surface area (Å²) in [4.78, 5) is 17.1. The molecule has 0 radical (unpaired) electrons. The van der Waals surface area contributed by atoms with E-state index in [0.29, 0.717) is 17.2 Å². The number of aromatic nitrogens is 5. The van der Waals surface area contributed by atoms with E-state index in [1.165, 1.54) is 11.0 Å². The molecular weight excluding hydrogens is 338 g/mol. The zero-order chi connectivity index (χ0) is 17.4. The fourth-order valence-corrected chi connectivity index (χ4v) is 2.81. The third-order valence-electron chi connectivity index (χ3n) is 4.10. The highest BCUT2D eigenvalue weighted by Crippen LogP contribution is 2.15. The van der Waals surface area contributed by atoms with Gasteiger partial charge in [0.05, 0.1) is 12.2 Å². The zero-order valence-corrected chi connectivity index (χ0v) is 14.2. The lowest BCUT2D eigenvalue weighted by Crippen LogP contribution is -2.22. The summed E-state index contributed by atoms with van der Waals surface area (Å²) >= 11 is 5.91. The van der Waals surface area contributed by atoms with Crippen molar-refractivity contribution in [2.24, 2.45) is 0 Å². The molecule has 4 aromatic rings. The van der Waals surface area contributed by atoms with Crippen LogP contribution in [0.3, 0.4) is 0 Å². The molecule has 0 unspecified atom stereocenters. The van der Waals surface area contributed by atoms with Crippen molar-refractivity contribution in [3.05, 3.63) is 81.4 Å². The van der Waals surface area contributed by atoms with E-state index in [9.17, 15) is 4.79 Å². The highest BCUT2D eigenvalue weighted by Gasteiger charge is 2.13. The summed E-state index contributed by atoms with van der Waals surface area (Å²) in [6.07, 6.45) is 1.53. The first-order chi connectivity index (χ1) is 12.1. The number of rotatable bonds is 3. The van der Waals surface area contributed by atoms with Gasteiger partial charge in [0, 0.05) is 5.02 Å². The Morgan fingerprint density at radius 2 is 1.84 bits per heavy atom. The van der Waals surface area contributed by atoms with Crippen LogP contribution in [0.2, 0.25) is 5.02 Å². The average molecular weight is 352 g/mol. The highest BCUT2D eigenvalue weighted by molar-refractivity contribution is 6.30. The lowest BCUT2D eigenvalue weighted by atomic mass is 10.1. The third kappa shape index (κ3) is 2.81. The Morgan fingerprint density at radius 1 is 1.08 bits per heavy atom. The van der Waals surface area contributed by atoms with Gasteiger partial charge in [0.15, 0.2) is 11.2 Å². The molecule has 2 aromatic carbocycles. The van der Waals surface area contributed by atoms with Gasteiger partial charge in [-0.3, -0.25) is 9.36 Å². The molecule has 0 saturated heterocycles. The fourth-order valence-electron chi connectivity index (χ4n) is 2.68. The maximum Gasteiger partial charge on any atom is 0.283 e. The predicted molar refractivity (Wildman–Crippen MR) is 96.2 cm³/mol. The second kappa shape index (κ2) is 6.14. The van der Waals surface area contributed by atoms with Crippen LogP contribution in [-0.4, -0.2) is 24.5 Å². The Bertz CT molecular complexity index is 1110. The topological polar surface area (TPSA) is 65.6 Å². The van der Waals surface area contributed by atoms with E-state index in [1.807, 2.05) is 31.2 Å². The molecule has 4 rings (SSSR count). The van der Waals surface area contributed by atoms with Crippen molar-refractivity contribution in [3.8, 4) is 5.69 Å². The van der Waals surface area contributed by atoms with Gasteiger partial charge in [-0.2, -0.15) is 4.68 Å². The Balaban J connectivity index is 1.78. The first-order valence-electron chi connectivity index (χ1n) is 7.75. The molecule has 7 heteroatoms. The maximum atomic E-state index is 12.7. The van der Waals surface area contributed by atoms with E-state index in [4.69, 9.17) is 11.6 Å². The van der Waals surface area contributed by atoms with Gasteiger partial charge < -0.3 is 0 Å². The summed E-state index contributed by atoms with van der Waals surface area (Å²) in [6, 6.07) is 15.1. The van der Waals surface area contributed by atoms with E-state index in [0.717, 1.165) is 16.8 Å². The molecule has 0 fully saturated rings. The van der Waals surface area contributed by atoms with Gasteiger partial charge in [-0.05, 0) is 42.3 Å². The predicted octanol–water partition coefficient (Wildman–Crippen LogP) is 2.99. The minimum absolute atomic E-state index is 0.214. The molecule has 0 aliphatic rings. The monoisotopic (exact) mass is 351 g/mol. The number of aryl methyl sites for hydroxylation is 1. The third-order valence-corrected chi connectivity index (χ3v) is 4.35. The zero-order valence-electron chi connectivity index (χ0n) is 13.4. The second-order valence-corrected chi connectivity index (χ2v) is 6.19. The molecule has 0 atom stereocenters. The molecule has 25 heavy (non-hydrogen) atoms. The smallest absolute Gasteiger partial charge is 0.283 e. The van der Waals surface area contributed by atoms with E-state index < -0.39 is 0 Å². The molecule has 6 nitrogen and oxygen atoms in total. The highest BCUT2D eigenvalue weighted by atomic mass is 35.5. The van der Waals surface area contributed by atoms with Crippen LogP contribution in [0, 0.1) is 6.92 Å². The van der Waals surface area contributed by atoms with Gasteiger partial charge in [0.1, 0.15) is 6.33 Å². The Labute approximate surface area is 148 Å². The van der Waals surface area contributed by atoms with Gasteiger partial charge >= 0.3 is 0 Å². The number of hydrogen-bond donors (Lipinski definition) is 0. The minimum Gasteiger partial charge on any atom is -0.293 e. The standard InChI is InChI=1S/C18H14ClN5O/c1-12-4-2-3-5-13(12)10-23-11-20-17-16(18(23)25)21-22-24(17)15-8-6-14(19)7-9-15/h2-9,11H,10H2,1H3. The van der Waals surface area contributed by atoms with Crippen molar-refractivity contribution in [2.45, 2.75) is 13.5 Å². The minimum atomic E-state index is -0.214. The average Bonchev–Trinajstić information content (AvgIpc) is 3.05. The molecule has 0 bridgehead atoms. The summed E-state index contributed by atoms with van der Waals surface area (Å²) in [5.41, 5.74) is 3.39. The molecular formula is C18H14ClN5O. The number of benzene rings is 2. The molecule has 2 heterocycles. The molecule has 0 aliphatic heterocycles. The number of fused-ring (bicyclic) bond motifs is 1. The van der Waals surface area contributed by atoms with Crippen LogP contribution in [0.4, 0.5) is 0 Å². The SMILES string of the molecule is Cc1ccccc1Cn1cnc2c(nnn2-c2ccc(Cl)cc2)c1=O. The lowest BCUT2D eigenvalue weighted by molar-refractivity contribution is 0.741. The summed E-state index contributed by atoms with van der Waals surface area (Å²) in [7, 11) is 0. The van der Waals surface area contributed by atoms with Gasteiger partial charge in [-0.15, -0.1) is 5.10 Å². The van der Waals surface area contributed by atoms with Gasteiger partial charge in [-0.1, -0.05) is 41.1 Å². The number of hydrogen-bond acceptors (Lipinski definition) is 4. The van der Waals surface area contributed by atoms with Crippen LogP contribution < -0.4 is 5.56 Å². The Kier molecular flexibility index (Phi) is 3.82. The van der Waals surface area contributed by atoms with E-state index in [1.54, 1.807) is 28.8 Å². The van der Waals surface area contributed by atoms with E-state index in [2.05, 4.69) is 15.3 Å². The van der Waals surface area contributed by atoms with Crippen LogP contribution in [0.25, 0.3) is 16.9 Å². The molecule has 2 aromatic heterocycles. The van der Waals surface area contributed by atoms with Crippen LogP contribution in [0.1, 0.15) is 11.1 Å². The van der Waals surface area contributed by atoms with Crippen molar-refractivity contribution in [3.63, 3.8) is 0 Å². The van der Waals surface area contributed by atoms with E-state index >= 15 is 0 Å². The summed E-state index contributed by atoms with van der Waals surface area (Å²) < 4.78 is 3.08. The van der Waals surface area contributed by atoms with Crippen molar-refractivity contribution < 1.29 is 0 Å². The van der Waals surface area contributed by atoms with Crippen LogP contribution in [0.5, 0.6) is 0 Å². The van der Waals surface area contributed by atoms with Gasteiger partial charge in [-0.25, -0.2) is 4.98 Å². The fraction of sp³-hybridized carbons (Fsp3) is 0.111. The van der Waals surface area contributed by atoms with Crippen LogP contribution in [0.15, 0.2) is 59.7 Å². The van der Waals surface area contributed by atoms with E-state index in [-0.39, 0.29) is 11.1 Å². The molecule has 0 aliphatic carbocycles. The normalized spacial score (nSPS) is 11.1. The van der Waals surface area contributed by atoms with Crippen molar-refractivity contribution in [1.82, 2.24) is 24.5 Å². The molecule has 0 saturated carbocycles. The summed E-state index contributed by atoms with van der Waals surface area (Å²) in [6.45, 7) is 2.46. The van der Waals surface area contributed by atoms with Crippen LogP contribution >= 0.6 is 11.6 Å². The van der Waals surface area contributed by atoms with Gasteiger partial charge in [0.25, 0.3) is 5.56 Å². The van der Waals surface area contributed by atoms with Crippen molar-refractivity contribution in [2.75, 3.05) is 0 Å². The Hall–Kier alpha value is -2.99. The molecule has 0 spiro atoms. The summed E-state index contributed by atoms with van der Waals surface area (Å²) in [5, 5.41) is 8.72. The van der Waals surface area contributed by atoms with Crippen LogP contribution in [-0.2, 0) is 6.54 Å². The number of nitrogens with zero attached hydrogens (tertiary/aromatic N) is 5. The first-order valence-corrected chi connectivity index (χ1v) is 8.12.